The zero-order valence-corrected chi connectivity index (χ0v) is 16.8. The molecule has 5 aromatic rings. The van der Waals surface area contributed by atoms with Crippen molar-refractivity contribution in [3.63, 3.8) is 0 Å². The number of aromatic amines is 1. The number of fused-ring (bicyclic) bond motifs is 1. The SMILES string of the molecule is c1csc([C@H](C[NH2+]Cc2ccc(-n3ccnc3)cc2)c2c[nH]c3ccccc23)c1. The van der Waals surface area contributed by atoms with Gasteiger partial charge in [-0.3, -0.25) is 0 Å². The van der Waals surface area contributed by atoms with Crippen molar-refractivity contribution < 1.29 is 5.32 Å². The van der Waals surface area contributed by atoms with Crippen LogP contribution >= 0.6 is 11.3 Å². The third-order valence-corrected chi connectivity index (χ3v) is 6.39. The molecule has 0 radical (unpaired) electrons. The summed E-state index contributed by atoms with van der Waals surface area (Å²) in [6.07, 6.45) is 7.78. The molecule has 0 unspecified atom stereocenters. The van der Waals surface area contributed by atoms with E-state index in [1.54, 1.807) is 6.20 Å². The molecule has 29 heavy (non-hydrogen) atoms. The van der Waals surface area contributed by atoms with Gasteiger partial charge in [-0.25, -0.2) is 4.98 Å². The third kappa shape index (κ3) is 3.75. The smallest absolute Gasteiger partial charge is 0.101 e. The summed E-state index contributed by atoms with van der Waals surface area (Å²) in [5.41, 5.74) is 5.06. The molecule has 2 aromatic carbocycles. The van der Waals surface area contributed by atoms with Gasteiger partial charge in [-0.05, 0) is 35.2 Å². The lowest BCUT2D eigenvalue weighted by Gasteiger charge is -2.14. The molecule has 0 bridgehead atoms. The first-order valence-electron chi connectivity index (χ1n) is 9.87. The van der Waals surface area contributed by atoms with Crippen molar-refractivity contribution in [1.29, 1.82) is 0 Å². The maximum atomic E-state index is 4.12. The molecule has 1 atom stereocenters. The molecule has 144 valence electrons. The largest absolute Gasteiger partial charge is 0.361 e. The number of rotatable bonds is 7. The Bertz CT molecular complexity index is 1170. The van der Waals surface area contributed by atoms with Gasteiger partial charge in [-0.1, -0.05) is 36.4 Å². The number of nitrogens with two attached hydrogens (primary N) is 1. The van der Waals surface area contributed by atoms with Crippen LogP contribution in [0.4, 0.5) is 0 Å². The Morgan fingerprint density at radius 2 is 1.93 bits per heavy atom. The number of hydrogen-bond donors (Lipinski definition) is 2. The number of H-pyrrole nitrogens is 1. The minimum Gasteiger partial charge on any atom is -0.361 e. The Labute approximate surface area is 173 Å². The minimum absolute atomic E-state index is 0.386. The van der Waals surface area contributed by atoms with Crippen LogP contribution in [0.2, 0.25) is 0 Å². The van der Waals surface area contributed by atoms with Crippen molar-refractivity contribution in [2.24, 2.45) is 0 Å². The lowest BCUT2D eigenvalue weighted by atomic mass is 9.96. The lowest BCUT2D eigenvalue weighted by molar-refractivity contribution is -0.671. The molecule has 3 heterocycles. The van der Waals surface area contributed by atoms with Crippen LogP contribution in [-0.2, 0) is 6.54 Å². The molecule has 0 saturated carbocycles. The van der Waals surface area contributed by atoms with Crippen molar-refractivity contribution in [3.8, 4) is 5.69 Å². The fraction of sp³-hybridized carbons (Fsp3) is 0.125. The van der Waals surface area contributed by atoms with Gasteiger partial charge in [-0.15, -0.1) is 11.3 Å². The number of aromatic nitrogens is 3. The Kier molecular flexibility index (Phi) is 4.99. The van der Waals surface area contributed by atoms with E-state index in [4.69, 9.17) is 0 Å². The molecule has 0 fully saturated rings. The molecular formula is C24H23N4S+. The number of benzene rings is 2. The second-order valence-corrected chi connectivity index (χ2v) is 8.20. The van der Waals surface area contributed by atoms with Gasteiger partial charge in [-0.2, -0.15) is 0 Å². The summed E-state index contributed by atoms with van der Waals surface area (Å²) in [5.74, 6) is 0.386. The molecule has 0 saturated heterocycles. The second-order valence-electron chi connectivity index (χ2n) is 7.22. The van der Waals surface area contributed by atoms with Crippen LogP contribution in [-0.4, -0.2) is 21.1 Å². The number of hydrogen-bond acceptors (Lipinski definition) is 2. The first kappa shape index (κ1) is 17.9. The van der Waals surface area contributed by atoms with Crippen molar-refractivity contribution in [1.82, 2.24) is 14.5 Å². The van der Waals surface area contributed by atoms with Crippen molar-refractivity contribution >= 4 is 22.2 Å². The molecule has 3 aromatic heterocycles. The molecule has 3 N–H and O–H groups in total. The van der Waals surface area contributed by atoms with E-state index in [2.05, 4.69) is 87.5 Å². The molecule has 4 nitrogen and oxygen atoms in total. The third-order valence-electron chi connectivity index (χ3n) is 5.40. The molecule has 0 spiro atoms. The van der Waals surface area contributed by atoms with Crippen molar-refractivity contribution in [3.05, 3.63) is 107 Å². The van der Waals surface area contributed by atoms with Crippen LogP contribution in [0.3, 0.4) is 0 Å². The van der Waals surface area contributed by atoms with E-state index in [0.717, 1.165) is 18.8 Å². The highest BCUT2D eigenvalue weighted by Crippen LogP contribution is 2.32. The summed E-state index contributed by atoms with van der Waals surface area (Å²) in [7, 11) is 0. The van der Waals surface area contributed by atoms with Crippen LogP contribution in [0.1, 0.15) is 21.9 Å². The number of quaternary nitrogens is 1. The van der Waals surface area contributed by atoms with Crippen molar-refractivity contribution in [2.45, 2.75) is 12.5 Å². The fourth-order valence-electron chi connectivity index (χ4n) is 3.90. The average Bonchev–Trinajstić information content (AvgIpc) is 3.54. The molecular weight excluding hydrogens is 376 g/mol. The predicted molar refractivity (Wildman–Crippen MR) is 119 cm³/mol. The van der Waals surface area contributed by atoms with Gasteiger partial charge in [0.05, 0.1) is 18.8 Å². The van der Waals surface area contributed by atoms with Crippen molar-refractivity contribution in [2.75, 3.05) is 6.54 Å². The summed E-state index contributed by atoms with van der Waals surface area (Å²) < 4.78 is 2.03. The summed E-state index contributed by atoms with van der Waals surface area (Å²) in [4.78, 5) is 8.98. The number of imidazole rings is 1. The zero-order valence-electron chi connectivity index (χ0n) is 16.0. The normalized spacial score (nSPS) is 12.4. The van der Waals surface area contributed by atoms with Crippen LogP contribution in [0.25, 0.3) is 16.6 Å². The highest BCUT2D eigenvalue weighted by molar-refractivity contribution is 7.10. The molecule has 5 rings (SSSR count). The zero-order chi connectivity index (χ0) is 19.5. The topological polar surface area (TPSA) is 50.2 Å². The van der Waals surface area contributed by atoms with E-state index >= 15 is 0 Å². The van der Waals surface area contributed by atoms with E-state index in [0.29, 0.717) is 5.92 Å². The molecule has 0 aliphatic carbocycles. The Balaban J connectivity index is 1.31. The number of thiophene rings is 1. The minimum atomic E-state index is 0.386. The van der Waals surface area contributed by atoms with Crippen LogP contribution in [0.15, 0.2) is 91.0 Å². The van der Waals surface area contributed by atoms with Gasteiger partial charge in [0.2, 0.25) is 0 Å². The van der Waals surface area contributed by atoms with Gasteiger partial charge in [0.15, 0.2) is 0 Å². The first-order valence-corrected chi connectivity index (χ1v) is 10.7. The maximum absolute atomic E-state index is 4.12. The highest BCUT2D eigenvalue weighted by Gasteiger charge is 2.20. The Morgan fingerprint density at radius 1 is 1.03 bits per heavy atom. The molecule has 0 aliphatic heterocycles. The van der Waals surface area contributed by atoms with E-state index in [1.165, 1.54) is 26.9 Å². The Morgan fingerprint density at radius 3 is 2.72 bits per heavy atom. The Hall–Kier alpha value is -3.15. The van der Waals surface area contributed by atoms with Gasteiger partial charge >= 0.3 is 0 Å². The maximum Gasteiger partial charge on any atom is 0.101 e. The second kappa shape index (κ2) is 8.07. The fourth-order valence-corrected chi connectivity index (χ4v) is 4.76. The molecule has 5 heteroatoms. The molecule has 0 aliphatic rings. The summed E-state index contributed by atoms with van der Waals surface area (Å²) in [6, 6.07) is 21.7. The number of nitrogens with one attached hydrogen (secondary N) is 1. The summed E-state index contributed by atoms with van der Waals surface area (Å²) in [6.45, 7) is 1.99. The number of para-hydroxylation sites is 1. The van der Waals surface area contributed by atoms with Crippen LogP contribution < -0.4 is 5.32 Å². The lowest BCUT2D eigenvalue weighted by Crippen LogP contribution is -2.83. The van der Waals surface area contributed by atoms with Crippen LogP contribution in [0, 0.1) is 0 Å². The monoisotopic (exact) mass is 399 g/mol. The van der Waals surface area contributed by atoms with E-state index in [9.17, 15) is 0 Å². The summed E-state index contributed by atoms with van der Waals surface area (Å²) in [5, 5.41) is 5.91. The van der Waals surface area contributed by atoms with Crippen LogP contribution in [0.5, 0.6) is 0 Å². The van der Waals surface area contributed by atoms with Gasteiger partial charge < -0.3 is 14.9 Å². The van der Waals surface area contributed by atoms with Gasteiger partial charge in [0.1, 0.15) is 6.54 Å². The first-order chi connectivity index (χ1) is 14.4. The van der Waals surface area contributed by atoms with Gasteiger partial charge in [0, 0.05) is 45.6 Å². The predicted octanol–water partition coefficient (Wildman–Crippen LogP) is 4.31. The van der Waals surface area contributed by atoms with E-state index < -0.39 is 0 Å². The van der Waals surface area contributed by atoms with Gasteiger partial charge in [0.25, 0.3) is 0 Å². The average molecular weight is 400 g/mol. The highest BCUT2D eigenvalue weighted by atomic mass is 32.1. The molecule has 0 amide bonds. The van der Waals surface area contributed by atoms with E-state index in [-0.39, 0.29) is 0 Å². The number of nitrogens with zero attached hydrogens (tertiary/aromatic N) is 2. The quantitative estimate of drug-likeness (QED) is 0.421. The summed E-state index contributed by atoms with van der Waals surface area (Å²) >= 11 is 1.84. The van der Waals surface area contributed by atoms with E-state index in [1.807, 2.05) is 28.4 Å². The standard InChI is InChI=1S/C24H22N4S/c1-2-5-23-20(4-1)21(16-27-23)22(24-6-3-13-29-24)15-26-14-18-7-9-19(10-8-18)28-12-11-25-17-28/h1-13,16-17,22,26-27H,14-15H2/p+1/t22-/m1/s1.